The van der Waals surface area contributed by atoms with Gasteiger partial charge in [-0.15, -0.1) is 0 Å². The molecule has 2 saturated carbocycles. The van der Waals surface area contributed by atoms with Crippen LogP contribution in [0.2, 0.25) is 0 Å². The molecule has 0 unspecified atom stereocenters. The second kappa shape index (κ2) is 13.0. The lowest BCUT2D eigenvalue weighted by Crippen LogP contribution is -2.46. The van der Waals surface area contributed by atoms with Crippen molar-refractivity contribution >= 4 is 34.9 Å². The van der Waals surface area contributed by atoms with Gasteiger partial charge in [0.1, 0.15) is 5.52 Å². The van der Waals surface area contributed by atoms with Crippen LogP contribution in [0.5, 0.6) is 0 Å². The van der Waals surface area contributed by atoms with Crippen LogP contribution in [0.25, 0.3) is 11.2 Å². The molecule has 3 aliphatic rings. The number of amides is 3. The molecule has 1 saturated heterocycles. The second-order valence-corrected chi connectivity index (χ2v) is 12.9. The SMILES string of the molecule is CC1CCC(Cn2c(N3CCOC[C@H]3c3ccccc3)nc3nc(C(=O)NN(C)C(N)=O)nc(N[C@H](C)C4CCC4)c32)CC1. The Labute approximate surface area is 258 Å². The molecule has 236 valence electrons. The molecule has 0 bridgehead atoms. The number of hydrazine groups is 1. The summed E-state index contributed by atoms with van der Waals surface area (Å²) in [6.07, 6.45) is 8.31. The van der Waals surface area contributed by atoms with Gasteiger partial charge < -0.3 is 25.3 Å². The molecule has 1 aromatic carbocycles. The highest BCUT2D eigenvalue weighted by Crippen LogP contribution is 2.38. The Bertz CT molecular complexity index is 1470. The minimum Gasteiger partial charge on any atom is -0.377 e. The number of fused-ring (bicyclic) bond motifs is 1. The second-order valence-electron chi connectivity index (χ2n) is 12.9. The molecule has 2 aliphatic carbocycles. The van der Waals surface area contributed by atoms with Gasteiger partial charge in [-0.1, -0.05) is 56.5 Å². The zero-order chi connectivity index (χ0) is 30.8. The van der Waals surface area contributed by atoms with Crippen molar-refractivity contribution in [1.82, 2.24) is 30.0 Å². The predicted molar refractivity (Wildman–Crippen MR) is 169 cm³/mol. The Morgan fingerprint density at radius 2 is 1.84 bits per heavy atom. The van der Waals surface area contributed by atoms with E-state index in [9.17, 15) is 9.59 Å². The summed E-state index contributed by atoms with van der Waals surface area (Å²) in [5, 5.41) is 4.58. The lowest BCUT2D eigenvalue weighted by molar-refractivity contribution is 0.0848. The summed E-state index contributed by atoms with van der Waals surface area (Å²) in [5.41, 5.74) is 10.3. The molecule has 6 rings (SSSR count). The third-order valence-corrected chi connectivity index (χ3v) is 9.75. The first-order valence-electron chi connectivity index (χ1n) is 16.1. The van der Waals surface area contributed by atoms with Crippen molar-refractivity contribution in [2.45, 2.75) is 77.4 Å². The summed E-state index contributed by atoms with van der Waals surface area (Å²) in [4.78, 5) is 41.8. The number of carbonyl (C=O) groups excluding carboxylic acids is 2. The Morgan fingerprint density at radius 1 is 1.09 bits per heavy atom. The Hall–Kier alpha value is -3.93. The van der Waals surface area contributed by atoms with E-state index in [1.54, 1.807) is 0 Å². The highest BCUT2D eigenvalue weighted by Gasteiger charge is 2.33. The van der Waals surface area contributed by atoms with Gasteiger partial charge in [0.05, 0.1) is 19.3 Å². The van der Waals surface area contributed by atoms with Crippen LogP contribution in [0.1, 0.15) is 81.0 Å². The number of imidazole rings is 1. The van der Waals surface area contributed by atoms with Crippen molar-refractivity contribution in [2.24, 2.45) is 23.5 Å². The maximum Gasteiger partial charge on any atom is 0.333 e. The first-order valence-corrected chi connectivity index (χ1v) is 16.1. The molecule has 3 fully saturated rings. The van der Waals surface area contributed by atoms with Gasteiger partial charge in [0.25, 0.3) is 0 Å². The number of hydrogen-bond donors (Lipinski definition) is 3. The summed E-state index contributed by atoms with van der Waals surface area (Å²) < 4.78 is 8.27. The van der Waals surface area contributed by atoms with Crippen molar-refractivity contribution in [3.8, 4) is 0 Å². The Balaban J connectivity index is 1.47. The topological polar surface area (TPSA) is 144 Å². The quantitative estimate of drug-likeness (QED) is 0.320. The molecule has 12 heteroatoms. The summed E-state index contributed by atoms with van der Waals surface area (Å²) in [5.74, 6) is 2.50. The fraction of sp³-hybridized carbons (Fsp3) is 0.594. The zero-order valence-corrected chi connectivity index (χ0v) is 26.0. The number of rotatable bonds is 8. The van der Waals surface area contributed by atoms with E-state index in [1.165, 1.54) is 26.3 Å². The number of hydrogen-bond acceptors (Lipinski definition) is 8. The molecule has 0 radical (unpaired) electrons. The molecule has 12 nitrogen and oxygen atoms in total. The molecular weight excluding hydrogens is 558 g/mol. The van der Waals surface area contributed by atoms with E-state index in [0.29, 0.717) is 43.1 Å². The highest BCUT2D eigenvalue weighted by molar-refractivity contribution is 5.96. The fourth-order valence-corrected chi connectivity index (χ4v) is 6.71. The fourth-order valence-electron chi connectivity index (χ4n) is 6.71. The minimum atomic E-state index is -0.788. The largest absolute Gasteiger partial charge is 0.377 e. The van der Waals surface area contributed by atoms with E-state index >= 15 is 0 Å². The van der Waals surface area contributed by atoms with Crippen LogP contribution in [0.15, 0.2) is 30.3 Å². The first kappa shape index (κ1) is 30.1. The predicted octanol–water partition coefficient (Wildman–Crippen LogP) is 4.49. The molecule has 0 spiro atoms. The van der Waals surface area contributed by atoms with Gasteiger partial charge in [0, 0.05) is 26.2 Å². The van der Waals surface area contributed by atoms with E-state index < -0.39 is 11.9 Å². The van der Waals surface area contributed by atoms with Gasteiger partial charge in [0.2, 0.25) is 11.8 Å². The van der Waals surface area contributed by atoms with Gasteiger partial charge in [-0.05, 0) is 55.9 Å². The van der Waals surface area contributed by atoms with E-state index in [1.807, 2.05) is 6.07 Å². The number of ether oxygens (including phenoxy) is 1. The third-order valence-electron chi connectivity index (χ3n) is 9.75. The number of aromatic nitrogens is 4. The first-order chi connectivity index (χ1) is 21.3. The van der Waals surface area contributed by atoms with Crippen LogP contribution in [0.3, 0.4) is 0 Å². The van der Waals surface area contributed by atoms with Gasteiger partial charge in [-0.3, -0.25) is 10.2 Å². The molecule has 1 aliphatic heterocycles. The summed E-state index contributed by atoms with van der Waals surface area (Å²) in [6, 6.07) is 9.75. The molecule has 44 heavy (non-hydrogen) atoms. The Morgan fingerprint density at radius 3 is 2.52 bits per heavy atom. The molecule has 3 amide bonds. The van der Waals surface area contributed by atoms with E-state index in [2.05, 4.69) is 63.3 Å². The van der Waals surface area contributed by atoms with Crippen molar-refractivity contribution in [2.75, 3.05) is 37.0 Å². The van der Waals surface area contributed by atoms with Crippen LogP contribution in [0.4, 0.5) is 16.6 Å². The number of anilines is 2. The number of nitrogens with one attached hydrogen (secondary N) is 2. The normalized spacial score (nSPS) is 23.2. The Kier molecular flexibility index (Phi) is 8.88. The number of urea groups is 1. The van der Waals surface area contributed by atoms with Crippen LogP contribution < -0.4 is 21.4 Å². The zero-order valence-electron chi connectivity index (χ0n) is 26.0. The van der Waals surface area contributed by atoms with Crippen LogP contribution in [0, 0.1) is 17.8 Å². The lowest BCUT2D eigenvalue weighted by Gasteiger charge is -2.37. The molecule has 2 atom stereocenters. The van der Waals surface area contributed by atoms with E-state index in [0.717, 1.165) is 60.2 Å². The lowest BCUT2D eigenvalue weighted by atomic mass is 9.80. The van der Waals surface area contributed by atoms with Crippen LogP contribution >= 0.6 is 0 Å². The van der Waals surface area contributed by atoms with E-state index in [4.69, 9.17) is 20.4 Å². The minimum absolute atomic E-state index is 0.0165. The summed E-state index contributed by atoms with van der Waals surface area (Å²) in [7, 11) is 1.39. The number of nitrogens with two attached hydrogens (primary N) is 1. The standard InChI is InChI=1S/C32H45N9O3/c1-20-12-14-22(15-13-20)18-41-26-27(34-21(2)23-10-7-11-23)35-29(30(42)38-39(3)31(33)43)36-28(26)37-32(41)40-16-17-44-19-25(40)24-8-5-4-6-9-24/h4-6,8-9,20-23,25H,7,10-19H2,1-3H3,(H2,33,43)(H,38,42)(H,34,35,36)/t20?,21-,22?,25+/m1/s1. The van der Waals surface area contributed by atoms with Crippen molar-refractivity contribution in [3.05, 3.63) is 41.7 Å². The van der Waals surface area contributed by atoms with Gasteiger partial charge in [0.15, 0.2) is 11.5 Å². The van der Waals surface area contributed by atoms with Crippen molar-refractivity contribution in [1.29, 1.82) is 0 Å². The number of primary amides is 1. The van der Waals surface area contributed by atoms with Crippen LogP contribution in [-0.2, 0) is 11.3 Å². The molecule has 3 heterocycles. The molecule has 4 N–H and O–H groups in total. The number of carbonyl (C=O) groups is 2. The van der Waals surface area contributed by atoms with Gasteiger partial charge in [-0.2, -0.15) is 4.98 Å². The molecule has 3 aromatic rings. The average molecular weight is 604 g/mol. The maximum absolute atomic E-state index is 13.2. The highest BCUT2D eigenvalue weighted by atomic mass is 16.5. The third kappa shape index (κ3) is 6.31. The van der Waals surface area contributed by atoms with Crippen molar-refractivity contribution in [3.63, 3.8) is 0 Å². The summed E-state index contributed by atoms with van der Waals surface area (Å²) in [6.45, 7) is 7.13. The number of morpholine rings is 1. The average Bonchev–Trinajstić information content (AvgIpc) is 3.35. The van der Waals surface area contributed by atoms with Gasteiger partial charge in [-0.25, -0.2) is 19.8 Å². The summed E-state index contributed by atoms with van der Waals surface area (Å²) >= 11 is 0. The maximum atomic E-state index is 13.2. The number of nitrogens with zero attached hydrogens (tertiary/aromatic N) is 6. The smallest absolute Gasteiger partial charge is 0.333 e. The number of benzene rings is 1. The van der Waals surface area contributed by atoms with Gasteiger partial charge >= 0.3 is 11.9 Å². The molecular formula is C32H45N9O3. The monoisotopic (exact) mass is 603 g/mol. The van der Waals surface area contributed by atoms with Crippen molar-refractivity contribution < 1.29 is 14.3 Å². The molecule has 2 aromatic heterocycles. The van der Waals surface area contributed by atoms with E-state index in [-0.39, 0.29) is 17.9 Å². The van der Waals surface area contributed by atoms with Crippen LogP contribution in [-0.4, -0.2) is 69.3 Å².